The molecular formula is C28H31N3O5. The Hall–Kier alpha value is -4.20. The zero-order chi connectivity index (χ0) is 25.7. The minimum absolute atomic E-state index is 0.119. The Bertz CT molecular complexity index is 1220. The molecule has 8 nitrogen and oxygen atoms in total. The number of carbonyl (C=O) groups excluding carboxylic acids is 2. The molecule has 0 spiro atoms. The van der Waals surface area contributed by atoms with E-state index >= 15 is 0 Å². The number of nitrogens with one attached hydrogen (secondary N) is 1. The highest BCUT2D eigenvalue weighted by atomic mass is 16.5. The Balaban J connectivity index is 1.56. The van der Waals surface area contributed by atoms with Gasteiger partial charge in [-0.1, -0.05) is 6.07 Å². The van der Waals surface area contributed by atoms with Gasteiger partial charge in [-0.15, -0.1) is 0 Å². The lowest BCUT2D eigenvalue weighted by Crippen LogP contribution is -2.49. The van der Waals surface area contributed by atoms with E-state index in [1.54, 1.807) is 61.5 Å². The predicted octanol–water partition coefficient (Wildman–Crippen LogP) is 5.11. The Morgan fingerprint density at radius 2 is 1.53 bits per heavy atom. The van der Waals surface area contributed by atoms with Crippen molar-refractivity contribution in [3.05, 3.63) is 77.4 Å². The van der Waals surface area contributed by atoms with Crippen LogP contribution in [0, 0.1) is 6.92 Å². The van der Waals surface area contributed by atoms with Crippen molar-refractivity contribution in [2.45, 2.75) is 19.9 Å². The first kappa shape index (κ1) is 24.9. The summed E-state index contributed by atoms with van der Waals surface area (Å²) in [6.07, 6.45) is 0.798. The molecule has 188 valence electrons. The van der Waals surface area contributed by atoms with Gasteiger partial charge in [-0.25, -0.2) is 4.79 Å². The van der Waals surface area contributed by atoms with E-state index in [-0.39, 0.29) is 11.9 Å². The summed E-state index contributed by atoms with van der Waals surface area (Å²) >= 11 is 0. The first-order valence-corrected chi connectivity index (χ1v) is 11.8. The molecule has 0 unspecified atom stereocenters. The molecule has 1 aliphatic rings. The molecule has 0 radical (unpaired) electrons. The molecule has 1 heterocycles. The molecule has 1 aliphatic heterocycles. The van der Waals surface area contributed by atoms with Crippen LogP contribution in [0.2, 0.25) is 0 Å². The van der Waals surface area contributed by atoms with Crippen LogP contribution in [0.25, 0.3) is 0 Å². The third kappa shape index (κ3) is 5.54. The Kier molecular flexibility index (Phi) is 7.63. The Morgan fingerprint density at radius 1 is 0.861 bits per heavy atom. The average Bonchev–Trinajstić information content (AvgIpc) is 2.90. The quantitative estimate of drug-likeness (QED) is 0.476. The number of carbonyl (C=O) groups is 2. The highest BCUT2D eigenvalue weighted by molar-refractivity contribution is 6.07. The third-order valence-corrected chi connectivity index (χ3v) is 6.14. The zero-order valence-electron chi connectivity index (χ0n) is 21.0. The van der Waals surface area contributed by atoms with Gasteiger partial charge in [0, 0.05) is 31.3 Å². The highest BCUT2D eigenvalue weighted by Crippen LogP contribution is 2.31. The average molecular weight is 490 g/mol. The summed E-state index contributed by atoms with van der Waals surface area (Å²) in [6, 6.07) is 18.1. The number of anilines is 2. The minimum atomic E-state index is -0.255. The van der Waals surface area contributed by atoms with Crippen LogP contribution in [0.1, 0.15) is 27.9 Å². The molecule has 0 aliphatic carbocycles. The van der Waals surface area contributed by atoms with Crippen molar-refractivity contribution < 1.29 is 23.8 Å². The number of amides is 3. The SMILES string of the molecule is COc1ccc(C(=O)Nc2cc(C)ccc2N2CCCN(Cc3cc(OC)cc(OC)c3)C2=O)cc1. The summed E-state index contributed by atoms with van der Waals surface area (Å²) in [5.74, 6) is 1.77. The second-order valence-electron chi connectivity index (χ2n) is 8.63. The van der Waals surface area contributed by atoms with Crippen LogP contribution in [-0.4, -0.2) is 51.3 Å². The minimum Gasteiger partial charge on any atom is -0.497 e. The third-order valence-electron chi connectivity index (χ3n) is 6.14. The molecule has 3 aromatic carbocycles. The van der Waals surface area contributed by atoms with E-state index in [1.165, 1.54) is 0 Å². The van der Waals surface area contributed by atoms with E-state index in [4.69, 9.17) is 14.2 Å². The Morgan fingerprint density at radius 3 is 2.17 bits per heavy atom. The molecule has 1 N–H and O–H groups in total. The lowest BCUT2D eigenvalue weighted by Gasteiger charge is -2.36. The normalized spacial score (nSPS) is 13.4. The number of hydrogen-bond acceptors (Lipinski definition) is 5. The molecule has 3 amide bonds. The van der Waals surface area contributed by atoms with Crippen molar-refractivity contribution in [3.8, 4) is 17.2 Å². The molecular weight excluding hydrogens is 458 g/mol. The molecule has 1 saturated heterocycles. The predicted molar refractivity (Wildman–Crippen MR) is 139 cm³/mol. The van der Waals surface area contributed by atoms with Crippen LogP contribution >= 0.6 is 0 Å². The molecule has 36 heavy (non-hydrogen) atoms. The summed E-state index contributed by atoms with van der Waals surface area (Å²) < 4.78 is 15.9. The maximum Gasteiger partial charge on any atom is 0.324 e. The van der Waals surface area contributed by atoms with Crippen molar-refractivity contribution in [2.75, 3.05) is 44.6 Å². The number of ether oxygens (including phenoxy) is 3. The van der Waals surface area contributed by atoms with Gasteiger partial charge in [-0.05, 0) is 73.0 Å². The smallest absolute Gasteiger partial charge is 0.324 e. The summed E-state index contributed by atoms with van der Waals surface area (Å²) in [7, 11) is 4.79. The molecule has 0 bridgehead atoms. The number of aryl methyl sites for hydroxylation is 1. The largest absolute Gasteiger partial charge is 0.497 e. The van der Waals surface area contributed by atoms with E-state index in [0.717, 1.165) is 17.5 Å². The van der Waals surface area contributed by atoms with Gasteiger partial charge in [0.05, 0.1) is 32.7 Å². The zero-order valence-corrected chi connectivity index (χ0v) is 21.0. The molecule has 3 aromatic rings. The van der Waals surface area contributed by atoms with Gasteiger partial charge < -0.3 is 24.4 Å². The van der Waals surface area contributed by atoms with Crippen LogP contribution in [0.15, 0.2) is 60.7 Å². The fourth-order valence-corrected chi connectivity index (χ4v) is 4.25. The number of nitrogens with zero attached hydrogens (tertiary/aromatic N) is 2. The maximum atomic E-state index is 13.6. The standard InChI is InChI=1S/C28H31N3O5/c1-19-6-11-26(25(14-19)29-27(32)21-7-9-22(34-2)10-8-21)31-13-5-12-30(28(31)33)18-20-15-23(35-3)17-24(16-20)36-4/h6-11,14-17H,5,12-13,18H2,1-4H3,(H,29,32). The fraction of sp³-hybridized carbons (Fsp3) is 0.286. The van der Waals surface area contributed by atoms with Gasteiger partial charge >= 0.3 is 6.03 Å². The van der Waals surface area contributed by atoms with Gasteiger partial charge in [-0.3, -0.25) is 9.69 Å². The second-order valence-corrected chi connectivity index (χ2v) is 8.63. The van der Waals surface area contributed by atoms with E-state index in [2.05, 4.69) is 5.32 Å². The van der Waals surface area contributed by atoms with E-state index in [1.807, 2.05) is 37.3 Å². The van der Waals surface area contributed by atoms with Crippen molar-refractivity contribution in [1.29, 1.82) is 0 Å². The van der Waals surface area contributed by atoms with Crippen LogP contribution < -0.4 is 24.4 Å². The van der Waals surface area contributed by atoms with Gasteiger partial charge in [0.25, 0.3) is 5.91 Å². The second kappa shape index (κ2) is 11.0. The summed E-state index contributed by atoms with van der Waals surface area (Å²) in [6.45, 7) is 3.56. The summed E-state index contributed by atoms with van der Waals surface area (Å²) in [4.78, 5) is 30.1. The highest BCUT2D eigenvalue weighted by Gasteiger charge is 2.29. The maximum absolute atomic E-state index is 13.6. The van der Waals surface area contributed by atoms with E-state index in [9.17, 15) is 9.59 Å². The number of urea groups is 1. The monoisotopic (exact) mass is 489 g/mol. The summed E-state index contributed by atoms with van der Waals surface area (Å²) in [5.41, 5.74) is 3.66. The van der Waals surface area contributed by atoms with Crippen molar-refractivity contribution in [1.82, 2.24) is 4.90 Å². The molecule has 0 atom stereocenters. The summed E-state index contributed by atoms with van der Waals surface area (Å²) in [5, 5.41) is 2.99. The topological polar surface area (TPSA) is 80.3 Å². The van der Waals surface area contributed by atoms with Crippen LogP contribution in [0.5, 0.6) is 17.2 Å². The van der Waals surface area contributed by atoms with Gasteiger partial charge in [0.1, 0.15) is 17.2 Å². The lowest BCUT2D eigenvalue weighted by molar-refractivity contribution is 0.102. The van der Waals surface area contributed by atoms with Crippen LogP contribution in [-0.2, 0) is 6.54 Å². The molecule has 8 heteroatoms. The van der Waals surface area contributed by atoms with Gasteiger partial charge in [-0.2, -0.15) is 0 Å². The first-order valence-electron chi connectivity index (χ1n) is 11.8. The van der Waals surface area contributed by atoms with Crippen molar-refractivity contribution in [3.63, 3.8) is 0 Å². The van der Waals surface area contributed by atoms with Crippen LogP contribution in [0.4, 0.5) is 16.2 Å². The Labute approximate surface area is 211 Å². The first-order chi connectivity index (χ1) is 17.4. The molecule has 4 rings (SSSR count). The van der Waals surface area contributed by atoms with Gasteiger partial charge in [0.2, 0.25) is 0 Å². The van der Waals surface area contributed by atoms with Gasteiger partial charge in [0.15, 0.2) is 0 Å². The molecule has 0 aromatic heterocycles. The number of hydrogen-bond donors (Lipinski definition) is 1. The van der Waals surface area contributed by atoms with Crippen molar-refractivity contribution in [2.24, 2.45) is 0 Å². The molecule has 1 fully saturated rings. The van der Waals surface area contributed by atoms with Crippen molar-refractivity contribution >= 4 is 23.3 Å². The van der Waals surface area contributed by atoms with E-state index < -0.39 is 0 Å². The lowest BCUT2D eigenvalue weighted by atomic mass is 10.1. The van der Waals surface area contributed by atoms with Crippen LogP contribution in [0.3, 0.4) is 0 Å². The number of rotatable bonds is 8. The number of methoxy groups -OCH3 is 3. The molecule has 0 saturated carbocycles. The fourth-order valence-electron chi connectivity index (χ4n) is 4.25. The number of benzene rings is 3. The van der Waals surface area contributed by atoms with E-state index in [0.29, 0.717) is 53.8 Å².